The zero-order valence-electron chi connectivity index (χ0n) is 13.6. The fraction of sp³-hybridized carbons (Fsp3) is 0.529. The molecule has 4 rings (SSSR count). The van der Waals surface area contributed by atoms with Crippen LogP contribution in [0.4, 0.5) is 11.6 Å². The van der Waals surface area contributed by atoms with Gasteiger partial charge in [-0.15, -0.1) is 0 Å². The molecule has 1 unspecified atom stereocenters. The summed E-state index contributed by atoms with van der Waals surface area (Å²) in [4.78, 5) is 22.2. The van der Waals surface area contributed by atoms with Crippen molar-refractivity contribution in [1.82, 2.24) is 20.2 Å². The quantitative estimate of drug-likeness (QED) is 0.873. The van der Waals surface area contributed by atoms with Gasteiger partial charge < -0.3 is 10.2 Å². The summed E-state index contributed by atoms with van der Waals surface area (Å²) in [6.45, 7) is 1.77. The third-order valence-corrected chi connectivity index (χ3v) is 4.79. The molecular formula is C17H22N6O. The summed E-state index contributed by atoms with van der Waals surface area (Å²) in [5.74, 6) is 2.36. The molecule has 24 heavy (non-hydrogen) atoms. The topological polar surface area (TPSA) is 86.8 Å². The minimum atomic E-state index is -0.168. The summed E-state index contributed by atoms with van der Waals surface area (Å²) >= 11 is 0. The molecule has 1 aliphatic carbocycles. The first-order valence-electron chi connectivity index (χ1n) is 8.68. The molecule has 1 aliphatic heterocycles. The molecule has 2 N–H and O–H groups in total. The van der Waals surface area contributed by atoms with E-state index in [0.717, 1.165) is 43.3 Å². The Kier molecular flexibility index (Phi) is 4.15. The summed E-state index contributed by atoms with van der Waals surface area (Å²) in [6.07, 6.45) is 7.60. The summed E-state index contributed by atoms with van der Waals surface area (Å²) in [7, 11) is 0. The van der Waals surface area contributed by atoms with Crippen molar-refractivity contribution in [2.24, 2.45) is 0 Å². The molecule has 2 fully saturated rings. The minimum absolute atomic E-state index is 0.168. The van der Waals surface area contributed by atoms with E-state index >= 15 is 0 Å². The van der Waals surface area contributed by atoms with Gasteiger partial charge in [0, 0.05) is 42.9 Å². The van der Waals surface area contributed by atoms with E-state index < -0.39 is 0 Å². The normalized spacial score (nSPS) is 20.8. The first-order valence-corrected chi connectivity index (χ1v) is 8.68. The number of rotatable bonds is 5. The fourth-order valence-corrected chi connectivity index (χ4v) is 3.31. The number of H-pyrrole nitrogens is 1. The lowest BCUT2D eigenvalue weighted by atomic mass is 10.0. The van der Waals surface area contributed by atoms with Crippen LogP contribution in [0.2, 0.25) is 0 Å². The van der Waals surface area contributed by atoms with E-state index in [0.29, 0.717) is 12.0 Å². The largest absolute Gasteiger partial charge is 0.368 e. The molecule has 0 bridgehead atoms. The highest BCUT2D eigenvalue weighted by Crippen LogP contribution is 2.39. The minimum Gasteiger partial charge on any atom is -0.368 e. The lowest BCUT2D eigenvalue weighted by Gasteiger charge is -2.36. The van der Waals surface area contributed by atoms with Gasteiger partial charge in [-0.3, -0.25) is 4.79 Å². The summed E-state index contributed by atoms with van der Waals surface area (Å²) in [6, 6.07) is 5.75. The highest BCUT2D eigenvalue weighted by Gasteiger charge is 2.26. The van der Waals surface area contributed by atoms with Crippen molar-refractivity contribution >= 4 is 11.6 Å². The molecule has 0 radical (unpaired) electrons. The zero-order chi connectivity index (χ0) is 16.4. The van der Waals surface area contributed by atoms with Crippen molar-refractivity contribution in [2.75, 3.05) is 23.3 Å². The van der Waals surface area contributed by atoms with Crippen molar-refractivity contribution in [3.8, 4) is 0 Å². The number of aromatic amines is 1. The van der Waals surface area contributed by atoms with E-state index in [2.05, 4.69) is 36.4 Å². The van der Waals surface area contributed by atoms with Gasteiger partial charge in [-0.2, -0.15) is 5.10 Å². The Morgan fingerprint density at radius 1 is 1.21 bits per heavy atom. The molecule has 3 heterocycles. The summed E-state index contributed by atoms with van der Waals surface area (Å²) in [5, 5.41) is 10.2. The second-order valence-corrected chi connectivity index (χ2v) is 6.61. The molecule has 0 spiro atoms. The molecule has 2 aromatic rings. The van der Waals surface area contributed by atoms with Gasteiger partial charge in [0.2, 0.25) is 0 Å². The molecule has 2 aromatic heterocycles. The highest BCUT2D eigenvalue weighted by molar-refractivity contribution is 5.41. The monoisotopic (exact) mass is 326 g/mol. The first-order chi connectivity index (χ1) is 11.8. The molecule has 1 atom stereocenters. The number of hydrogen-bond donors (Lipinski definition) is 2. The Balaban J connectivity index is 1.44. The predicted molar refractivity (Wildman–Crippen MR) is 92.3 cm³/mol. The van der Waals surface area contributed by atoms with Crippen LogP contribution in [0.25, 0.3) is 0 Å². The molecule has 1 saturated heterocycles. The lowest BCUT2D eigenvalue weighted by molar-refractivity contribution is 0.467. The third kappa shape index (κ3) is 3.39. The first kappa shape index (κ1) is 15.1. The van der Waals surface area contributed by atoms with Crippen LogP contribution in [0, 0.1) is 0 Å². The summed E-state index contributed by atoms with van der Waals surface area (Å²) in [5.41, 5.74) is 0.981. The number of nitrogens with one attached hydrogen (secondary N) is 2. The Morgan fingerprint density at radius 2 is 2.12 bits per heavy atom. The second-order valence-electron chi connectivity index (χ2n) is 6.61. The van der Waals surface area contributed by atoms with Gasteiger partial charge in [-0.05, 0) is 38.2 Å². The Bertz CT molecular complexity index is 736. The molecule has 7 nitrogen and oxygen atoms in total. The second kappa shape index (κ2) is 6.59. The van der Waals surface area contributed by atoms with Crippen LogP contribution >= 0.6 is 0 Å². The van der Waals surface area contributed by atoms with Gasteiger partial charge in [0.05, 0.1) is 0 Å². The van der Waals surface area contributed by atoms with Crippen molar-refractivity contribution in [2.45, 2.75) is 44.1 Å². The van der Waals surface area contributed by atoms with Gasteiger partial charge in [-0.1, -0.05) is 0 Å². The zero-order valence-corrected chi connectivity index (χ0v) is 13.6. The van der Waals surface area contributed by atoms with Gasteiger partial charge in [0.25, 0.3) is 5.56 Å². The Hall–Kier alpha value is -2.44. The molecule has 0 amide bonds. The third-order valence-electron chi connectivity index (χ3n) is 4.79. The van der Waals surface area contributed by atoms with Crippen molar-refractivity contribution in [3.63, 3.8) is 0 Å². The Labute approximate surface area is 140 Å². The number of nitrogens with zero attached hydrogens (tertiary/aromatic N) is 4. The maximum Gasteiger partial charge on any atom is 0.264 e. The van der Waals surface area contributed by atoms with Crippen molar-refractivity contribution < 1.29 is 0 Å². The lowest BCUT2D eigenvalue weighted by Crippen LogP contribution is -2.44. The number of piperidine rings is 1. The van der Waals surface area contributed by atoms with Crippen LogP contribution in [0.5, 0.6) is 0 Å². The number of aromatic nitrogens is 4. The van der Waals surface area contributed by atoms with Crippen LogP contribution in [-0.4, -0.2) is 39.3 Å². The number of anilines is 2. The van der Waals surface area contributed by atoms with Crippen molar-refractivity contribution in [3.05, 3.63) is 40.6 Å². The maximum atomic E-state index is 11.2. The van der Waals surface area contributed by atoms with Crippen molar-refractivity contribution in [1.29, 1.82) is 0 Å². The van der Waals surface area contributed by atoms with E-state index in [1.54, 1.807) is 12.4 Å². The van der Waals surface area contributed by atoms with Crippen LogP contribution in [0.3, 0.4) is 0 Å². The van der Waals surface area contributed by atoms with Gasteiger partial charge in [0.15, 0.2) is 0 Å². The molecule has 1 saturated carbocycles. The molecule has 0 aromatic carbocycles. The van der Waals surface area contributed by atoms with Gasteiger partial charge in [-0.25, -0.2) is 15.1 Å². The smallest absolute Gasteiger partial charge is 0.264 e. The molecule has 2 aliphatic rings. The average molecular weight is 326 g/mol. The number of hydrogen-bond acceptors (Lipinski definition) is 6. The van der Waals surface area contributed by atoms with E-state index in [-0.39, 0.29) is 5.56 Å². The van der Waals surface area contributed by atoms with E-state index in [1.807, 2.05) is 0 Å². The Morgan fingerprint density at radius 3 is 2.92 bits per heavy atom. The van der Waals surface area contributed by atoms with E-state index in [9.17, 15) is 4.79 Å². The van der Waals surface area contributed by atoms with Crippen LogP contribution < -0.4 is 15.8 Å². The average Bonchev–Trinajstić information content (AvgIpc) is 3.46. The van der Waals surface area contributed by atoms with Crippen LogP contribution in [0.15, 0.2) is 29.3 Å². The molecule has 126 valence electrons. The van der Waals surface area contributed by atoms with Gasteiger partial charge in [0.1, 0.15) is 18.0 Å². The van der Waals surface area contributed by atoms with Crippen LogP contribution in [0.1, 0.15) is 43.7 Å². The van der Waals surface area contributed by atoms with E-state index in [4.69, 9.17) is 0 Å². The maximum absolute atomic E-state index is 11.2. The SMILES string of the molecule is O=c1ccc(N2CCCCC2CNc2cc(C3CC3)ncn2)n[nH]1. The highest BCUT2D eigenvalue weighted by atomic mass is 16.1. The molecular weight excluding hydrogens is 304 g/mol. The predicted octanol–water partition coefficient (Wildman–Crippen LogP) is 1.91. The fourth-order valence-electron chi connectivity index (χ4n) is 3.31. The summed E-state index contributed by atoms with van der Waals surface area (Å²) < 4.78 is 0. The van der Waals surface area contributed by atoms with Crippen LogP contribution in [-0.2, 0) is 0 Å². The van der Waals surface area contributed by atoms with Gasteiger partial charge >= 0.3 is 0 Å². The standard InChI is InChI=1S/C17H22N6O/c24-17-7-6-16(21-22-17)23-8-2-1-3-13(23)10-18-15-9-14(12-4-5-12)19-11-20-15/h6-7,9,11-13H,1-5,8,10H2,(H,22,24)(H,18,19,20). The molecule has 7 heteroatoms. The van der Waals surface area contributed by atoms with E-state index in [1.165, 1.54) is 25.3 Å².